The highest BCUT2D eigenvalue weighted by atomic mass is 16.5. The van der Waals surface area contributed by atoms with E-state index in [0.717, 1.165) is 55.0 Å². The van der Waals surface area contributed by atoms with Crippen molar-refractivity contribution in [3.63, 3.8) is 0 Å². The van der Waals surface area contributed by atoms with Crippen molar-refractivity contribution in [2.24, 2.45) is 0 Å². The molecular weight excluding hydrogens is 312 g/mol. The van der Waals surface area contributed by atoms with Crippen LogP contribution >= 0.6 is 0 Å². The Morgan fingerprint density at radius 3 is 2.68 bits per heavy atom. The van der Waals surface area contributed by atoms with E-state index >= 15 is 0 Å². The highest BCUT2D eigenvalue weighted by Gasteiger charge is 2.43. The molecule has 2 aliphatic heterocycles. The first kappa shape index (κ1) is 16.3. The number of aromatic nitrogens is 1. The highest BCUT2D eigenvalue weighted by Crippen LogP contribution is 2.41. The molecule has 2 aliphatic rings. The van der Waals surface area contributed by atoms with Gasteiger partial charge < -0.3 is 4.74 Å². The predicted octanol–water partition coefficient (Wildman–Crippen LogP) is 3.70. The molecule has 25 heavy (non-hydrogen) atoms. The molecule has 0 amide bonds. The van der Waals surface area contributed by atoms with Gasteiger partial charge in [0.1, 0.15) is 11.4 Å². The third-order valence-corrected chi connectivity index (χ3v) is 5.66. The van der Waals surface area contributed by atoms with E-state index in [1.807, 2.05) is 30.5 Å². The van der Waals surface area contributed by atoms with Crippen LogP contribution in [0.3, 0.4) is 0 Å². The maximum atomic E-state index is 12.7. The summed E-state index contributed by atoms with van der Waals surface area (Å²) in [5.74, 6) is 1.04. The van der Waals surface area contributed by atoms with E-state index < -0.39 is 0 Å². The number of carbonyl (C=O) groups is 1. The third kappa shape index (κ3) is 3.07. The molecule has 1 fully saturated rings. The Hall–Kier alpha value is -2.20. The number of rotatable bonds is 2. The van der Waals surface area contributed by atoms with Gasteiger partial charge in [-0.25, -0.2) is 0 Å². The number of piperidine rings is 1. The quantitative estimate of drug-likeness (QED) is 0.839. The Bertz CT molecular complexity index is 793. The molecule has 0 radical (unpaired) electrons. The average molecular weight is 336 g/mol. The zero-order valence-electron chi connectivity index (χ0n) is 14.9. The van der Waals surface area contributed by atoms with Gasteiger partial charge in [-0.05, 0) is 43.2 Å². The van der Waals surface area contributed by atoms with E-state index in [1.165, 1.54) is 5.56 Å². The summed E-state index contributed by atoms with van der Waals surface area (Å²) in [6.45, 7) is 6.85. The van der Waals surface area contributed by atoms with Crippen molar-refractivity contribution >= 4 is 5.78 Å². The number of nitrogens with zero attached hydrogens (tertiary/aromatic N) is 2. The van der Waals surface area contributed by atoms with Crippen molar-refractivity contribution in [1.82, 2.24) is 9.88 Å². The molecular formula is C21H24N2O2. The molecule has 4 rings (SSSR count). The molecule has 130 valence electrons. The van der Waals surface area contributed by atoms with E-state index in [9.17, 15) is 4.79 Å². The van der Waals surface area contributed by atoms with E-state index in [0.29, 0.717) is 6.42 Å². The first-order valence-electron chi connectivity index (χ1n) is 9.01. The smallest absolute Gasteiger partial charge is 0.170 e. The number of carbonyl (C=O) groups excluding carboxylic acids is 1. The summed E-state index contributed by atoms with van der Waals surface area (Å²) in [4.78, 5) is 19.5. The van der Waals surface area contributed by atoms with Crippen LogP contribution in [0.2, 0.25) is 0 Å². The summed E-state index contributed by atoms with van der Waals surface area (Å²) in [6.07, 6.45) is 4.11. The number of hydrogen-bond donors (Lipinski definition) is 0. The molecule has 0 N–H and O–H groups in total. The first-order chi connectivity index (χ1) is 12.1. The second kappa shape index (κ2) is 6.26. The summed E-state index contributed by atoms with van der Waals surface area (Å²) >= 11 is 0. The lowest BCUT2D eigenvalue weighted by Gasteiger charge is -2.44. The first-order valence-corrected chi connectivity index (χ1v) is 9.01. The molecule has 1 aromatic carbocycles. The SMILES string of the molecule is Cc1ccc2c(c1C)OC1(CCN(Cc3ccccn3)CC1)CC2=O. The minimum atomic E-state index is -0.330. The Morgan fingerprint density at radius 2 is 1.96 bits per heavy atom. The Balaban J connectivity index is 1.49. The van der Waals surface area contributed by atoms with Gasteiger partial charge >= 0.3 is 0 Å². The summed E-state index contributed by atoms with van der Waals surface area (Å²) in [5, 5.41) is 0. The van der Waals surface area contributed by atoms with Gasteiger partial charge in [-0.3, -0.25) is 14.7 Å². The molecule has 1 aromatic heterocycles. The van der Waals surface area contributed by atoms with Gasteiger partial charge in [-0.15, -0.1) is 0 Å². The maximum Gasteiger partial charge on any atom is 0.170 e. The molecule has 0 saturated carbocycles. The number of aryl methyl sites for hydroxylation is 1. The number of pyridine rings is 1. The van der Waals surface area contributed by atoms with Crippen LogP contribution in [0.1, 0.15) is 46.4 Å². The number of ether oxygens (including phenoxy) is 1. The lowest BCUT2D eigenvalue weighted by molar-refractivity contribution is -0.0115. The van der Waals surface area contributed by atoms with Crippen LogP contribution in [0.5, 0.6) is 5.75 Å². The minimum Gasteiger partial charge on any atom is -0.486 e. The molecule has 4 heteroatoms. The van der Waals surface area contributed by atoms with Crippen LogP contribution in [-0.4, -0.2) is 34.4 Å². The van der Waals surface area contributed by atoms with Crippen molar-refractivity contribution < 1.29 is 9.53 Å². The monoisotopic (exact) mass is 336 g/mol. The van der Waals surface area contributed by atoms with E-state index in [4.69, 9.17) is 4.74 Å². The number of benzene rings is 1. The molecule has 1 spiro atoms. The van der Waals surface area contributed by atoms with Crippen LogP contribution in [0.4, 0.5) is 0 Å². The molecule has 1 saturated heterocycles. The highest BCUT2D eigenvalue weighted by molar-refractivity contribution is 6.01. The van der Waals surface area contributed by atoms with E-state index in [-0.39, 0.29) is 11.4 Å². The van der Waals surface area contributed by atoms with Crippen LogP contribution in [0, 0.1) is 13.8 Å². The van der Waals surface area contributed by atoms with Crippen LogP contribution < -0.4 is 4.74 Å². The zero-order valence-corrected chi connectivity index (χ0v) is 14.9. The molecule has 3 heterocycles. The molecule has 0 aliphatic carbocycles. The van der Waals surface area contributed by atoms with Gasteiger partial charge in [0, 0.05) is 38.7 Å². The Morgan fingerprint density at radius 1 is 1.16 bits per heavy atom. The summed E-state index contributed by atoms with van der Waals surface area (Å²) in [6, 6.07) is 9.97. The largest absolute Gasteiger partial charge is 0.486 e. The van der Waals surface area contributed by atoms with Crippen molar-refractivity contribution in [2.75, 3.05) is 13.1 Å². The number of ketones is 1. The summed E-state index contributed by atoms with van der Waals surface area (Å²) in [7, 11) is 0. The topological polar surface area (TPSA) is 42.4 Å². The van der Waals surface area contributed by atoms with Gasteiger partial charge in [-0.2, -0.15) is 0 Å². The number of fused-ring (bicyclic) bond motifs is 1. The average Bonchev–Trinajstić information content (AvgIpc) is 2.62. The van der Waals surface area contributed by atoms with Gasteiger partial charge in [0.25, 0.3) is 0 Å². The number of Topliss-reactive ketones (excluding diaryl/α,β-unsaturated/α-hetero) is 1. The van der Waals surface area contributed by atoms with E-state index in [2.05, 4.69) is 29.8 Å². The van der Waals surface area contributed by atoms with Crippen LogP contribution in [0.25, 0.3) is 0 Å². The molecule has 0 unspecified atom stereocenters. The van der Waals surface area contributed by atoms with Crippen LogP contribution in [-0.2, 0) is 6.54 Å². The lowest BCUT2D eigenvalue weighted by atomic mass is 9.81. The Kier molecular flexibility index (Phi) is 4.08. The van der Waals surface area contributed by atoms with Gasteiger partial charge in [0.2, 0.25) is 0 Å². The second-order valence-corrected chi connectivity index (χ2v) is 7.37. The zero-order chi connectivity index (χ0) is 17.4. The third-order valence-electron chi connectivity index (χ3n) is 5.66. The minimum absolute atomic E-state index is 0.225. The van der Waals surface area contributed by atoms with Crippen molar-refractivity contribution in [1.29, 1.82) is 0 Å². The fourth-order valence-corrected chi connectivity index (χ4v) is 3.90. The van der Waals surface area contributed by atoms with Gasteiger partial charge in [-0.1, -0.05) is 12.1 Å². The summed E-state index contributed by atoms with van der Waals surface area (Å²) in [5.41, 5.74) is 3.79. The van der Waals surface area contributed by atoms with Crippen molar-refractivity contribution in [2.45, 2.75) is 45.3 Å². The molecule has 2 aromatic rings. The lowest BCUT2D eigenvalue weighted by Crippen LogP contribution is -2.51. The van der Waals surface area contributed by atoms with Gasteiger partial charge in [0.15, 0.2) is 5.78 Å². The molecule has 0 bridgehead atoms. The van der Waals surface area contributed by atoms with Gasteiger partial charge in [0.05, 0.1) is 17.7 Å². The normalized spacial score (nSPS) is 19.5. The fourth-order valence-electron chi connectivity index (χ4n) is 3.90. The second-order valence-electron chi connectivity index (χ2n) is 7.37. The molecule has 4 nitrogen and oxygen atoms in total. The number of likely N-dealkylation sites (tertiary alicyclic amines) is 1. The molecule has 0 atom stereocenters. The maximum absolute atomic E-state index is 12.7. The Labute approximate surface area is 148 Å². The predicted molar refractivity (Wildman–Crippen MR) is 97.0 cm³/mol. The van der Waals surface area contributed by atoms with Crippen molar-refractivity contribution in [3.8, 4) is 5.75 Å². The van der Waals surface area contributed by atoms with Crippen LogP contribution in [0.15, 0.2) is 36.5 Å². The standard InChI is InChI=1S/C21H24N2O2/c1-15-6-7-18-19(24)13-21(25-20(18)16(15)2)8-11-23(12-9-21)14-17-5-3-4-10-22-17/h3-7,10H,8-9,11-14H2,1-2H3. The summed E-state index contributed by atoms with van der Waals surface area (Å²) < 4.78 is 6.48. The van der Waals surface area contributed by atoms with E-state index in [1.54, 1.807) is 0 Å². The van der Waals surface area contributed by atoms with Crippen molar-refractivity contribution in [3.05, 3.63) is 58.9 Å². The number of hydrogen-bond acceptors (Lipinski definition) is 4. The fraction of sp³-hybridized carbons (Fsp3) is 0.429.